The number of hydrogen-bond acceptors (Lipinski definition) is 2. The quantitative estimate of drug-likeness (QED) is 0.758. The van der Waals surface area contributed by atoms with Crippen LogP contribution in [0.25, 0.3) is 0 Å². The van der Waals surface area contributed by atoms with Crippen LogP contribution in [0.2, 0.25) is 0 Å². The minimum atomic E-state index is 0.237. The van der Waals surface area contributed by atoms with E-state index in [0.29, 0.717) is 0 Å². The normalized spacial score (nSPS) is 25.9. The minimum Gasteiger partial charge on any atom is -0.377 e. The SMILES string of the molecule is CCOC1CCCN(C(=O)N2CCCCCC2)C1. The van der Waals surface area contributed by atoms with E-state index < -0.39 is 0 Å². The number of hydrogen-bond donors (Lipinski definition) is 0. The molecule has 2 aliphatic rings. The number of carbonyl (C=O) groups excluding carboxylic acids is 1. The summed E-state index contributed by atoms with van der Waals surface area (Å²) in [5.74, 6) is 0. The summed E-state index contributed by atoms with van der Waals surface area (Å²) in [5.41, 5.74) is 0. The number of rotatable bonds is 2. The van der Waals surface area contributed by atoms with Crippen molar-refractivity contribution in [3.63, 3.8) is 0 Å². The molecule has 4 nitrogen and oxygen atoms in total. The summed E-state index contributed by atoms with van der Waals surface area (Å²) in [7, 11) is 0. The number of amides is 2. The molecule has 0 radical (unpaired) electrons. The lowest BCUT2D eigenvalue weighted by Crippen LogP contribution is -2.49. The molecule has 0 aromatic carbocycles. The van der Waals surface area contributed by atoms with Crippen LogP contribution in [0.4, 0.5) is 4.79 Å². The molecule has 0 aromatic rings. The highest BCUT2D eigenvalue weighted by atomic mass is 16.5. The summed E-state index contributed by atoms with van der Waals surface area (Å²) in [6.45, 7) is 6.33. The van der Waals surface area contributed by atoms with Crippen molar-refractivity contribution in [2.75, 3.05) is 32.8 Å². The van der Waals surface area contributed by atoms with Gasteiger partial charge in [-0.05, 0) is 32.6 Å². The van der Waals surface area contributed by atoms with Crippen molar-refractivity contribution in [3.8, 4) is 0 Å². The maximum atomic E-state index is 12.5. The molecule has 0 bridgehead atoms. The highest BCUT2D eigenvalue weighted by molar-refractivity contribution is 5.74. The minimum absolute atomic E-state index is 0.237. The van der Waals surface area contributed by atoms with E-state index in [4.69, 9.17) is 4.74 Å². The van der Waals surface area contributed by atoms with Crippen LogP contribution in [-0.4, -0.2) is 54.7 Å². The standard InChI is InChI=1S/C14H26N2O2/c1-2-18-13-8-7-11-16(12-13)14(17)15-9-5-3-4-6-10-15/h13H,2-12H2,1H3. The molecule has 2 fully saturated rings. The Kier molecular flexibility index (Phi) is 5.29. The maximum Gasteiger partial charge on any atom is 0.320 e. The van der Waals surface area contributed by atoms with Crippen LogP contribution in [0.15, 0.2) is 0 Å². The molecule has 2 amide bonds. The van der Waals surface area contributed by atoms with Gasteiger partial charge in [-0.2, -0.15) is 0 Å². The van der Waals surface area contributed by atoms with Gasteiger partial charge in [-0.3, -0.25) is 0 Å². The van der Waals surface area contributed by atoms with E-state index in [-0.39, 0.29) is 12.1 Å². The van der Waals surface area contributed by atoms with Gasteiger partial charge in [-0.25, -0.2) is 4.79 Å². The zero-order valence-corrected chi connectivity index (χ0v) is 11.6. The number of urea groups is 1. The third-order valence-electron chi connectivity index (χ3n) is 3.93. The fourth-order valence-electron chi connectivity index (χ4n) is 2.95. The van der Waals surface area contributed by atoms with Crippen molar-refractivity contribution in [3.05, 3.63) is 0 Å². The molecule has 2 saturated heterocycles. The zero-order chi connectivity index (χ0) is 12.8. The van der Waals surface area contributed by atoms with Crippen LogP contribution >= 0.6 is 0 Å². The molecule has 0 spiro atoms. The summed E-state index contributed by atoms with van der Waals surface area (Å²) in [5, 5.41) is 0. The van der Waals surface area contributed by atoms with E-state index in [2.05, 4.69) is 0 Å². The van der Waals surface area contributed by atoms with Crippen LogP contribution in [-0.2, 0) is 4.74 Å². The maximum absolute atomic E-state index is 12.5. The Labute approximate surface area is 110 Å². The second kappa shape index (κ2) is 6.98. The van der Waals surface area contributed by atoms with Crippen molar-refractivity contribution >= 4 is 6.03 Å². The summed E-state index contributed by atoms with van der Waals surface area (Å²) in [6, 6.07) is 0.237. The first-order chi connectivity index (χ1) is 8.81. The van der Waals surface area contributed by atoms with Crippen molar-refractivity contribution in [2.45, 2.75) is 51.6 Å². The molecule has 2 aliphatic heterocycles. The first kappa shape index (κ1) is 13.7. The summed E-state index contributed by atoms with van der Waals surface area (Å²) < 4.78 is 5.66. The Bertz CT molecular complexity index is 261. The average Bonchev–Trinajstić information content (AvgIpc) is 2.67. The Balaban J connectivity index is 1.86. The number of piperidine rings is 1. The van der Waals surface area contributed by atoms with Gasteiger partial charge in [-0.15, -0.1) is 0 Å². The van der Waals surface area contributed by atoms with Gasteiger partial charge >= 0.3 is 6.03 Å². The molecule has 4 heteroatoms. The molecule has 0 aliphatic carbocycles. The Morgan fingerprint density at radius 2 is 1.72 bits per heavy atom. The number of ether oxygens (including phenoxy) is 1. The third kappa shape index (κ3) is 3.61. The van der Waals surface area contributed by atoms with Crippen LogP contribution in [0, 0.1) is 0 Å². The molecule has 0 saturated carbocycles. The van der Waals surface area contributed by atoms with Gasteiger partial charge in [0, 0.05) is 32.8 Å². The second-order valence-corrected chi connectivity index (χ2v) is 5.35. The smallest absolute Gasteiger partial charge is 0.320 e. The van der Waals surface area contributed by atoms with Crippen LogP contribution in [0.5, 0.6) is 0 Å². The van der Waals surface area contributed by atoms with Crippen LogP contribution < -0.4 is 0 Å². The Morgan fingerprint density at radius 3 is 2.39 bits per heavy atom. The van der Waals surface area contributed by atoms with E-state index in [9.17, 15) is 4.79 Å². The molecular formula is C14H26N2O2. The molecule has 2 heterocycles. The van der Waals surface area contributed by atoms with Gasteiger partial charge in [-0.1, -0.05) is 12.8 Å². The summed E-state index contributed by atoms with van der Waals surface area (Å²) in [6.07, 6.45) is 7.28. The fourth-order valence-corrected chi connectivity index (χ4v) is 2.95. The largest absolute Gasteiger partial charge is 0.377 e. The molecule has 104 valence electrons. The number of likely N-dealkylation sites (tertiary alicyclic amines) is 2. The topological polar surface area (TPSA) is 32.8 Å². The van der Waals surface area contributed by atoms with Gasteiger partial charge < -0.3 is 14.5 Å². The molecular weight excluding hydrogens is 228 g/mol. The van der Waals surface area contributed by atoms with Gasteiger partial charge in [0.05, 0.1) is 6.10 Å². The first-order valence-electron chi connectivity index (χ1n) is 7.46. The second-order valence-electron chi connectivity index (χ2n) is 5.35. The van der Waals surface area contributed by atoms with Gasteiger partial charge in [0.1, 0.15) is 0 Å². The predicted octanol–water partition coefficient (Wildman–Crippen LogP) is 2.48. The van der Waals surface area contributed by atoms with Gasteiger partial charge in [0.2, 0.25) is 0 Å². The lowest BCUT2D eigenvalue weighted by Gasteiger charge is -2.36. The molecule has 18 heavy (non-hydrogen) atoms. The van der Waals surface area contributed by atoms with E-state index in [1.54, 1.807) is 0 Å². The van der Waals surface area contributed by atoms with E-state index >= 15 is 0 Å². The van der Waals surface area contributed by atoms with Gasteiger partial charge in [0.25, 0.3) is 0 Å². The van der Waals surface area contributed by atoms with E-state index in [1.807, 2.05) is 16.7 Å². The highest BCUT2D eigenvalue weighted by Gasteiger charge is 2.27. The Morgan fingerprint density at radius 1 is 1.06 bits per heavy atom. The third-order valence-corrected chi connectivity index (χ3v) is 3.93. The molecule has 0 aromatic heterocycles. The summed E-state index contributed by atoms with van der Waals surface area (Å²) in [4.78, 5) is 16.5. The van der Waals surface area contributed by atoms with Crippen molar-refractivity contribution in [1.29, 1.82) is 0 Å². The lowest BCUT2D eigenvalue weighted by molar-refractivity contribution is 0.0118. The van der Waals surface area contributed by atoms with Gasteiger partial charge in [0.15, 0.2) is 0 Å². The van der Waals surface area contributed by atoms with Crippen molar-refractivity contribution in [1.82, 2.24) is 9.80 Å². The molecule has 0 N–H and O–H groups in total. The van der Waals surface area contributed by atoms with E-state index in [1.165, 1.54) is 12.8 Å². The number of carbonyl (C=O) groups is 1. The van der Waals surface area contributed by atoms with Crippen LogP contribution in [0.1, 0.15) is 45.4 Å². The average molecular weight is 254 g/mol. The van der Waals surface area contributed by atoms with E-state index in [0.717, 1.165) is 58.5 Å². The zero-order valence-electron chi connectivity index (χ0n) is 11.6. The molecule has 1 atom stereocenters. The molecule has 2 rings (SSSR count). The Hall–Kier alpha value is -0.770. The lowest BCUT2D eigenvalue weighted by atomic mass is 10.1. The fraction of sp³-hybridized carbons (Fsp3) is 0.929. The van der Waals surface area contributed by atoms with Crippen molar-refractivity contribution < 1.29 is 9.53 Å². The summed E-state index contributed by atoms with van der Waals surface area (Å²) >= 11 is 0. The molecule has 1 unspecified atom stereocenters. The number of nitrogens with zero attached hydrogens (tertiary/aromatic N) is 2. The van der Waals surface area contributed by atoms with Crippen molar-refractivity contribution in [2.24, 2.45) is 0 Å². The predicted molar refractivity (Wildman–Crippen MR) is 71.7 cm³/mol. The van der Waals surface area contributed by atoms with Crippen LogP contribution in [0.3, 0.4) is 0 Å². The first-order valence-corrected chi connectivity index (χ1v) is 7.46. The monoisotopic (exact) mass is 254 g/mol. The highest BCUT2D eigenvalue weighted by Crippen LogP contribution is 2.17.